The van der Waals surface area contributed by atoms with Crippen LogP contribution < -0.4 is 0 Å². The summed E-state index contributed by atoms with van der Waals surface area (Å²) in [7, 11) is 0. The number of nitriles is 1. The van der Waals surface area contributed by atoms with E-state index >= 15 is 0 Å². The van der Waals surface area contributed by atoms with Gasteiger partial charge in [-0.15, -0.1) is 0 Å². The predicted molar refractivity (Wildman–Crippen MR) is 84.3 cm³/mol. The lowest BCUT2D eigenvalue weighted by molar-refractivity contribution is 0.487. The molecule has 0 spiro atoms. The van der Waals surface area contributed by atoms with E-state index in [0.717, 1.165) is 0 Å². The molecule has 0 saturated carbocycles. The third-order valence-corrected chi connectivity index (χ3v) is 3.82. The summed E-state index contributed by atoms with van der Waals surface area (Å²) < 4.78 is 0. The molecular formula is C18H28N2. The quantitative estimate of drug-likeness (QED) is 0.513. The van der Waals surface area contributed by atoms with Gasteiger partial charge in [-0.05, 0) is 36.8 Å². The summed E-state index contributed by atoms with van der Waals surface area (Å²) in [5.74, 6) is 0.583. The zero-order valence-electron chi connectivity index (χ0n) is 12.9. The monoisotopic (exact) mass is 272 g/mol. The number of hydrogen-bond donors (Lipinski definition) is 0. The fourth-order valence-electron chi connectivity index (χ4n) is 2.51. The Hall–Kier alpha value is -1.36. The Bertz CT molecular complexity index is 367. The summed E-state index contributed by atoms with van der Waals surface area (Å²) in [6.07, 6.45) is 16.2. The van der Waals surface area contributed by atoms with Crippen molar-refractivity contribution in [1.29, 1.82) is 5.26 Å². The van der Waals surface area contributed by atoms with Crippen LogP contribution in [0.5, 0.6) is 0 Å². The number of nitrogens with zero attached hydrogens (tertiary/aromatic N) is 2. The van der Waals surface area contributed by atoms with Crippen LogP contribution in [0.2, 0.25) is 0 Å². The lowest BCUT2D eigenvalue weighted by atomic mass is 9.99. The van der Waals surface area contributed by atoms with E-state index < -0.39 is 0 Å². The average Bonchev–Trinajstić information content (AvgIpc) is 2.47. The molecule has 0 amide bonds. The fraction of sp³-hybridized carbons (Fsp3) is 0.667. The molecule has 0 aliphatic carbocycles. The van der Waals surface area contributed by atoms with Gasteiger partial charge in [-0.25, -0.2) is 0 Å². The highest BCUT2D eigenvalue weighted by Gasteiger charge is 2.00. The summed E-state index contributed by atoms with van der Waals surface area (Å²) in [6.45, 7) is 2.18. The number of aromatic nitrogens is 1. The van der Waals surface area contributed by atoms with E-state index in [1.807, 2.05) is 18.5 Å². The third-order valence-electron chi connectivity index (χ3n) is 3.82. The molecule has 0 aromatic carbocycles. The lowest BCUT2D eigenvalue weighted by Gasteiger charge is -2.06. The maximum Gasteiger partial charge on any atom is 0.0624 e. The first-order valence-electron chi connectivity index (χ1n) is 8.08. The van der Waals surface area contributed by atoms with Crippen LogP contribution in [0, 0.1) is 17.2 Å². The van der Waals surface area contributed by atoms with Crippen LogP contribution in [0.3, 0.4) is 0 Å². The zero-order valence-corrected chi connectivity index (χ0v) is 12.9. The Morgan fingerprint density at radius 2 is 1.80 bits per heavy atom. The van der Waals surface area contributed by atoms with E-state index in [4.69, 9.17) is 5.26 Å². The van der Waals surface area contributed by atoms with Crippen LogP contribution in [-0.4, -0.2) is 4.98 Å². The van der Waals surface area contributed by atoms with E-state index in [1.165, 1.54) is 63.4 Å². The summed E-state index contributed by atoms with van der Waals surface area (Å²) >= 11 is 0. The number of rotatable bonds is 11. The van der Waals surface area contributed by atoms with Crippen molar-refractivity contribution in [2.45, 2.75) is 71.1 Å². The van der Waals surface area contributed by atoms with Crippen LogP contribution in [-0.2, 0) is 6.42 Å². The highest BCUT2D eigenvalue weighted by atomic mass is 14.6. The van der Waals surface area contributed by atoms with Crippen molar-refractivity contribution < 1.29 is 0 Å². The van der Waals surface area contributed by atoms with Crippen molar-refractivity contribution in [1.82, 2.24) is 4.98 Å². The lowest BCUT2D eigenvalue weighted by Crippen LogP contribution is -1.92. The standard InChI is InChI=1S/C18H28N2/c1-17(13-14-19)10-7-5-3-2-4-6-8-11-18-12-9-15-20-16-18/h9,12,15-17H,2-8,10-11,13H2,1H3/t17-/m0/s1. The first-order valence-corrected chi connectivity index (χ1v) is 8.08. The molecule has 1 atom stereocenters. The number of hydrogen-bond acceptors (Lipinski definition) is 2. The van der Waals surface area contributed by atoms with E-state index in [1.54, 1.807) is 0 Å². The molecule has 1 heterocycles. The van der Waals surface area contributed by atoms with Crippen LogP contribution in [0.1, 0.15) is 70.3 Å². The fourth-order valence-corrected chi connectivity index (χ4v) is 2.51. The second kappa shape index (κ2) is 11.5. The van der Waals surface area contributed by atoms with Gasteiger partial charge in [-0.1, -0.05) is 51.5 Å². The summed E-state index contributed by atoms with van der Waals surface area (Å²) in [4.78, 5) is 4.14. The van der Waals surface area contributed by atoms with Crippen molar-refractivity contribution >= 4 is 0 Å². The van der Waals surface area contributed by atoms with Gasteiger partial charge in [0.2, 0.25) is 0 Å². The van der Waals surface area contributed by atoms with Crippen LogP contribution in [0.25, 0.3) is 0 Å². The second-order valence-electron chi connectivity index (χ2n) is 5.84. The molecule has 1 rings (SSSR count). The van der Waals surface area contributed by atoms with E-state index in [2.05, 4.69) is 24.0 Å². The van der Waals surface area contributed by atoms with Gasteiger partial charge in [0.25, 0.3) is 0 Å². The molecule has 0 radical (unpaired) electrons. The number of unbranched alkanes of at least 4 members (excludes halogenated alkanes) is 6. The van der Waals surface area contributed by atoms with Crippen LogP contribution in [0.4, 0.5) is 0 Å². The number of pyridine rings is 1. The van der Waals surface area contributed by atoms with Crippen LogP contribution in [0.15, 0.2) is 24.5 Å². The van der Waals surface area contributed by atoms with Crippen molar-refractivity contribution in [2.75, 3.05) is 0 Å². The molecule has 1 aromatic heterocycles. The molecule has 110 valence electrons. The van der Waals surface area contributed by atoms with Gasteiger partial charge in [0.1, 0.15) is 0 Å². The van der Waals surface area contributed by atoms with Gasteiger partial charge >= 0.3 is 0 Å². The first-order chi connectivity index (χ1) is 9.83. The molecule has 2 heteroatoms. The van der Waals surface area contributed by atoms with Crippen molar-refractivity contribution in [3.8, 4) is 6.07 Å². The second-order valence-corrected chi connectivity index (χ2v) is 5.84. The first kappa shape index (κ1) is 16.7. The molecule has 0 aliphatic heterocycles. The minimum absolute atomic E-state index is 0.583. The van der Waals surface area contributed by atoms with Gasteiger partial charge < -0.3 is 0 Å². The molecule has 2 nitrogen and oxygen atoms in total. The van der Waals surface area contributed by atoms with Gasteiger partial charge in [0.05, 0.1) is 6.07 Å². The Morgan fingerprint density at radius 3 is 2.45 bits per heavy atom. The Balaban J connectivity index is 1.85. The minimum Gasteiger partial charge on any atom is -0.264 e. The molecule has 20 heavy (non-hydrogen) atoms. The minimum atomic E-state index is 0.583. The third kappa shape index (κ3) is 8.69. The van der Waals surface area contributed by atoms with Gasteiger partial charge in [-0.3, -0.25) is 4.98 Å². The largest absolute Gasteiger partial charge is 0.264 e. The summed E-state index contributed by atoms with van der Waals surface area (Å²) in [5.41, 5.74) is 1.36. The average molecular weight is 272 g/mol. The summed E-state index contributed by atoms with van der Waals surface area (Å²) in [5, 5.41) is 8.59. The molecule has 0 unspecified atom stereocenters. The normalized spacial score (nSPS) is 12.0. The maximum atomic E-state index is 8.59. The van der Waals surface area contributed by atoms with Gasteiger partial charge in [0.15, 0.2) is 0 Å². The SMILES string of the molecule is C[C@H](CC#N)CCCCCCCCCc1cccnc1. The highest BCUT2D eigenvalue weighted by Crippen LogP contribution is 2.15. The van der Waals surface area contributed by atoms with Crippen LogP contribution >= 0.6 is 0 Å². The molecule has 0 bridgehead atoms. The molecule has 0 fully saturated rings. The zero-order chi connectivity index (χ0) is 14.5. The Kier molecular flexibility index (Phi) is 9.57. The van der Waals surface area contributed by atoms with Gasteiger partial charge in [0, 0.05) is 18.8 Å². The Morgan fingerprint density at radius 1 is 1.10 bits per heavy atom. The van der Waals surface area contributed by atoms with Crippen molar-refractivity contribution in [3.05, 3.63) is 30.1 Å². The van der Waals surface area contributed by atoms with E-state index in [0.29, 0.717) is 12.3 Å². The molecular weight excluding hydrogens is 244 g/mol. The highest BCUT2D eigenvalue weighted by molar-refractivity contribution is 5.08. The topological polar surface area (TPSA) is 36.7 Å². The molecule has 1 aromatic rings. The van der Waals surface area contributed by atoms with E-state index in [9.17, 15) is 0 Å². The molecule has 0 N–H and O–H groups in total. The molecule has 0 aliphatic rings. The van der Waals surface area contributed by atoms with Crippen molar-refractivity contribution in [3.63, 3.8) is 0 Å². The summed E-state index contributed by atoms with van der Waals surface area (Å²) in [6, 6.07) is 6.43. The van der Waals surface area contributed by atoms with Gasteiger partial charge in [-0.2, -0.15) is 5.26 Å². The van der Waals surface area contributed by atoms with Crippen molar-refractivity contribution in [2.24, 2.45) is 5.92 Å². The van der Waals surface area contributed by atoms with E-state index in [-0.39, 0.29) is 0 Å². The Labute approximate surface area is 124 Å². The molecule has 0 saturated heterocycles. The maximum absolute atomic E-state index is 8.59. The smallest absolute Gasteiger partial charge is 0.0624 e. The predicted octanol–water partition coefficient (Wildman–Crippen LogP) is 5.29. The number of aryl methyl sites for hydroxylation is 1.